The van der Waals surface area contributed by atoms with Crippen LogP contribution in [-0.4, -0.2) is 0 Å². The fourth-order valence-corrected chi connectivity index (χ4v) is 0.771. The second kappa shape index (κ2) is 5.05. The van der Waals surface area contributed by atoms with Gasteiger partial charge in [-0.3, -0.25) is 0 Å². The van der Waals surface area contributed by atoms with Crippen molar-refractivity contribution in [1.82, 2.24) is 0 Å². The van der Waals surface area contributed by atoms with Gasteiger partial charge in [0.05, 0.1) is 6.07 Å². The maximum absolute atomic E-state index is 8.62. The van der Waals surface area contributed by atoms with Crippen molar-refractivity contribution in [1.29, 1.82) is 5.26 Å². The summed E-state index contributed by atoms with van der Waals surface area (Å²) in [4.78, 5) is 0. The molecule has 0 aromatic rings. The van der Waals surface area contributed by atoms with Gasteiger partial charge in [-0.15, -0.1) is 0 Å². The van der Waals surface area contributed by atoms with Crippen LogP contribution in [-0.2, 0) is 0 Å². The minimum Gasteiger partial charge on any atom is -0.193 e. The molecule has 0 fully saturated rings. The van der Waals surface area contributed by atoms with Crippen molar-refractivity contribution >= 4 is 0 Å². The lowest BCUT2D eigenvalue weighted by molar-refractivity contribution is 0.794. The minimum atomic E-state index is 0.954. The molecule has 1 heteroatoms. The van der Waals surface area contributed by atoms with Gasteiger partial charge in [-0.1, -0.05) is 18.9 Å². The van der Waals surface area contributed by atoms with Crippen molar-refractivity contribution in [2.24, 2.45) is 0 Å². The average molecular weight is 137 g/mol. The second-order valence-electron chi connectivity index (χ2n) is 2.69. The Hall–Kier alpha value is -0.770. The van der Waals surface area contributed by atoms with Gasteiger partial charge < -0.3 is 0 Å². The molecule has 0 aromatic heterocycles. The number of allylic oxidation sites excluding steroid dienone is 2. The first-order chi connectivity index (χ1) is 4.72. The first-order valence-electron chi connectivity index (χ1n) is 3.78. The van der Waals surface area contributed by atoms with Crippen molar-refractivity contribution < 1.29 is 0 Å². The molecule has 0 aliphatic rings. The van der Waals surface area contributed by atoms with Crippen molar-refractivity contribution in [2.45, 2.75) is 40.0 Å². The predicted octanol–water partition coefficient (Wildman–Crippen LogP) is 3.04. The molecule has 0 saturated carbocycles. The molecule has 56 valence electrons. The quantitative estimate of drug-likeness (QED) is 0.548. The van der Waals surface area contributed by atoms with E-state index in [1.54, 1.807) is 0 Å². The van der Waals surface area contributed by atoms with E-state index >= 15 is 0 Å². The Labute approximate surface area is 63.4 Å². The molecule has 0 aromatic carbocycles. The molecular weight excluding hydrogens is 122 g/mol. The van der Waals surface area contributed by atoms with E-state index in [0.29, 0.717) is 0 Å². The van der Waals surface area contributed by atoms with Gasteiger partial charge in [-0.25, -0.2) is 0 Å². The molecule has 0 bridgehead atoms. The molecule has 0 rings (SSSR count). The maximum Gasteiger partial charge on any atom is 0.0946 e. The van der Waals surface area contributed by atoms with Crippen molar-refractivity contribution in [3.05, 3.63) is 11.1 Å². The molecule has 1 nitrogen and oxygen atoms in total. The molecule has 0 N–H and O–H groups in total. The Balaban J connectivity index is 3.89. The molecule has 0 spiro atoms. The molecule has 0 saturated heterocycles. The van der Waals surface area contributed by atoms with Gasteiger partial charge in [-0.2, -0.15) is 5.26 Å². The third-order valence-corrected chi connectivity index (χ3v) is 1.52. The van der Waals surface area contributed by atoms with Crippen LogP contribution < -0.4 is 0 Å². The van der Waals surface area contributed by atoms with Crippen molar-refractivity contribution in [2.75, 3.05) is 0 Å². The molecule has 0 amide bonds. The number of rotatable bonds is 3. The molecule has 0 radical (unpaired) electrons. The Morgan fingerprint density at radius 3 is 2.30 bits per heavy atom. The highest BCUT2D eigenvalue weighted by atomic mass is 14.2. The van der Waals surface area contributed by atoms with Crippen LogP contribution in [0, 0.1) is 11.3 Å². The number of hydrogen-bond acceptors (Lipinski definition) is 1. The lowest BCUT2D eigenvalue weighted by Crippen LogP contribution is -1.82. The van der Waals surface area contributed by atoms with E-state index in [1.165, 1.54) is 6.42 Å². The Bertz CT molecular complexity index is 156. The lowest BCUT2D eigenvalue weighted by Gasteiger charge is -1.97. The standard InChI is InChI=1S/C9H15N/c1-4-5-6-9(7-10)8(2)3/h4-6H2,1-3H3. The van der Waals surface area contributed by atoms with E-state index in [4.69, 9.17) is 5.26 Å². The highest BCUT2D eigenvalue weighted by Gasteiger charge is 1.95. The van der Waals surface area contributed by atoms with E-state index in [2.05, 4.69) is 13.0 Å². The first kappa shape index (κ1) is 9.23. The molecule has 10 heavy (non-hydrogen) atoms. The molecular formula is C9H15N. The molecule has 0 atom stereocenters. The van der Waals surface area contributed by atoms with Crippen molar-refractivity contribution in [3.8, 4) is 6.07 Å². The van der Waals surface area contributed by atoms with E-state index in [0.717, 1.165) is 24.0 Å². The summed E-state index contributed by atoms with van der Waals surface area (Å²) in [6.07, 6.45) is 3.25. The van der Waals surface area contributed by atoms with Crippen LogP contribution in [0.25, 0.3) is 0 Å². The molecule has 0 aliphatic heterocycles. The molecule has 0 unspecified atom stereocenters. The maximum atomic E-state index is 8.62. The summed E-state index contributed by atoms with van der Waals surface area (Å²) in [6, 6.07) is 2.22. The van der Waals surface area contributed by atoms with E-state index < -0.39 is 0 Å². The normalized spacial score (nSPS) is 8.60. The summed E-state index contributed by atoms with van der Waals surface area (Å²) in [5.41, 5.74) is 2.12. The lowest BCUT2D eigenvalue weighted by atomic mass is 10.1. The predicted molar refractivity (Wildman–Crippen MR) is 43.5 cm³/mol. The van der Waals surface area contributed by atoms with Crippen LogP contribution in [0.15, 0.2) is 11.1 Å². The fraction of sp³-hybridized carbons (Fsp3) is 0.667. The number of nitriles is 1. The summed E-state index contributed by atoms with van der Waals surface area (Å²) >= 11 is 0. The van der Waals surface area contributed by atoms with Crippen LogP contribution in [0.3, 0.4) is 0 Å². The van der Waals surface area contributed by atoms with Crippen LogP contribution >= 0.6 is 0 Å². The average Bonchev–Trinajstić information content (AvgIpc) is 1.89. The monoisotopic (exact) mass is 137 g/mol. The van der Waals surface area contributed by atoms with Crippen LogP contribution in [0.5, 0.6) is 0 Å². The highest BCUT2D eigenvalue weighted by molar-refractivity contribution is 5.24. The third kappa shape index (κ3) is 3.29. The zero-order chi connectivity index (χ0) is 7.98. The van der Waals surface area contributed by atoms with Crippen LogP contribution in [0.1, 0.15) is 40.0 Å². The topological polar surface area (TPSA) is 23.8 Å². The van der Waals surface area contributed by atoms with E-state index in [-0.39, 0.29) is 0 Å². The first-order valence-corrected chi connectivity index (χ1v) is 3.78. The fourth-order valence-electron chi connectivity index (χ4n) is 0.771. The summed E-state index contributed by atoms with van der Waals surface area (Å²) < 4.78 is 0. The summed E-state index contributed by atoms with van der Waals surface area (Å²) in [5.74, 6) is 0. The van der Waals surface area contributed by atoms with Gasteiger partial charge in [0, 0.05) is 5.57 Å². The zero-order valence-electron chi connectivity index (χ0n) is 7.07. The summed E-state index contributed by atoms with van der Waals surface area (Å²) in [6.45, 7) is 6.13. The van der Waals surface area contributed by atoms with Crippen LogP contribution in [0.2, 0.25) is 0 Å². The molecule has 0 aliphatic carbocycles. The van der Waals surface area contributed by atoms with Crippen molar-refractivity contribution in [3.63, 3.8) is 0 Å². The Morgan fingerprint density at radius 1 is 1.40 bits per heavy atom. The van der Waals surface area contributed by atoms with Gasteiger partial charge >= 0.3 is 0 Å². The van der Waals surface area contributed by atoms with Gasteiger partial charge in [-0.05, 0) is 26.7 Å². The highest BCUT2D eigenvalue weighted by Crippen LogP contribution is 2.10. The van der Waals surface area contributed by atoms with Gasteiger partial charge in [0.15, 0.2) is 0 Å². The van der Waals surface area contributed by atoms with Gasteiger partial charge in [0.25, 0.3) is 0 Å². The van der Waals surface area contributed by atoms with Gasteiger partial charge in [0.1, 0.15) is 0 Å². The third-order valence-electron chi connectivity index (χ3n) is 1.52. The second-order valence-corrected chi connectivity index (χ2v) is 2.69. The summed E-state index contributed by atoms with van der Waals surface area (Å²) in [7, 11) is 0. The van der Waals surface area contributed by atoms with Crippen LogP contribution in [0.4, 0.5) is 0 Å². The molecule has 0 heterocycles. The Morgan fingerprint density at radius 2 is 2.00 bits per heavy atom. The number of nitrogens with zero attached hydrogens (tertiary/aromatic N) is 1. The number of unbranched alkanes of at least 4 members (excludes halogenated alkanes) is 1. The number of hydrogen-bond donors (Lipinski definition) is 0. The Kier molecular flexibility index (Phi) is 4.66. The smallest absolute Gasteiger partial charge is 0.0946 e. The summed E-state index contributed by atoms with van der Waals surface area (Å²) in [5, 5.41) is 8.62. The van der Waals surface area contributed by atoms with E-state index in [1.807, 2.05) is 13.8 Å². The van der Waals surface area contributed by atoms with Gasteiger partial charge in [0.2, 0.25) is 0 Å². The largest absolute Gasteiger partial charge is 0.193 e. The minimum absolute atomic E-state index is 0.954. The van der Waals surface area contributed by atoms with E-state index in [9.17, 15) is 0 Å². The SMILES string of the molecule is CCCCC(C#N)=C(C)C. The zero-order valence-corrected chi connectivity index (χ0v) is 7.07.